The van der Waals surface area contributed by atoms with Crippen LogP contribution < -0.4 is 0 Å². The number of para-hydroxylation sites is 1. The lowest BCUT2D eigenvalue weighted by Gasteiger charge is -2.15. The summed E-state index contributed by atoms with van der Waals surface area (Å²) < 4.78 is 53.9. The van der Waals surface area contributed by atoms with Crippen molar-refractivity contribution in [3.05, 3.63) is 88.5 Å². The van der Waals surface area contributed by atoms with Gasteiger partial charge in [0.2, 0.25) is 9.84 Å². The molecule has 146 valence electrons. The molecule has 0 atom stereocenters. The number of halogens is 4. The van der Waals surface area contributed by atoms with Crippen LogP contribution in [0.5, 0.6) is 0 Å². The Morgan fingerprint density at radius 1 is 0.862 bits per heavy atom. The number of sulfone groups is 1. The number of aromatic nitrogens is 1. The zero-order valence-corrected chi connectivity index (χ0v) is 16.9. The summed E-state index contributed by atoms with van der Waals surface area (Å²) in [6.45, 7) is 0. The lowest BCUT2D eigenvalue weighted by atomic mass is 10.0. The number of pyridine rings is 1. The molecule has 0 amide bonds. The highest BCUT2D eigenvalue weighted by atomic mass is 35.5. The molecular formula is C21H11Cl2F2NO2S. The SMILES string of the molecule is O=S(=O)(c1ccc(F)c(Cl)c1)c1c(Cl)nc2ccccc2c1-c1ccc(F)cc1. The van der Waals surface area contributed by atoms with Crippen LogP contribution in [0, 0.1) is 11.6 Å². The number of hydrogen-bond donors (Lipinski definition) is 0. The van der Waals surface area contributed by atoms with Crippen molar-refractivity contribution in [3.63, 3.8) is 0 Å². The van der Waals surface area contributed by atoms with E-state index in [0.29, 0.717) is 16.5 Å². The molecule has 0 aliphatic heterocycles. The maximum Gasteiger partial charge on any atom is 0.210 e. The monoisotopic (exact) mass is 449 g/mol. The van der Waals surface area contributed by atoms with Gasteiger partial charge < -0.3 is 0 Å². The van der Waals surface area contributed by atoms with Gasteiger partial charge in [-0.3, -0.25) is 0 Å². The maximum absolute atomic E-state index is 13.6. The Morgan fingerprint density at radius 3 is 2.24 bits per heavy atom. The van der Waals surface area contributed by atoms with Crippen molar-refractivity contribution in [1.82, 2.24) is 4.98 Å². The summed E-state index contributed by atoms with van der Waals surface area (Å²) in [6.07, 6.45) is 0. The van der Waals surface area contributed by atoms with Crippen LogP contribution in [0.15, 0.2) is 76.5 Å². The highest BCUT2D eigenvalue weighted by molar-refractivity contribution is 7.91. The van der Waals surface area contributed by atoms with Crippen LogP contribution in [0.25, 0.3) is 22.0 Å². The molecule has 0 saturated carbocycles. The van der Waals surface area contributed by atoms with Crippen molar-refractivity contribution < 1.29 is 17.2 Å². The summed E-state index contributed by atoms with van der Waals surface area (Å²) in [5.74, 6) is -1.21. The Bertz CT molecular complexity index is 1360. The normalized spacial score (nSPS) is 11.7. The van der Waals surface area contributed by atoms with Crippen LogP contribution in [-0.2, 0) is 9.84 Å². The Hall–Kier alpha value is -2.54. The Kier molecular flexibility index (Phi) is 5.02. The molecule has 0 spiro atoms. The van der Waals surface area contributed by atoms with E-state index in [9.17, 15) is 17.2 Å². The topological polar surface area (TPSA) is 47.0 Å². The zero-order chi connectivity index (χ0) is 20.8. The first kappa shape index (κ1) is 19.8. The smallest absolute Gasteiger partial charge is 0.210 e. The van der Waals surface area contributed by atoms with Crippen molar-refractivity contribution >= 4 is 43.9 Å². The molecular weight excluding hydrogens is 439 g/mol. The van der Waals surface area contributed by atoms with E-state index >= 15 is 0 Å². The molecule has 8 heteroatoms. The molecule has 0 unspecified atom stereocenters. The number of benzene rings is 3. The number of rotatable bonds is 3. The van der Waals surface area contributed by atoms with E-state index in [1.54, 1.807) is 24.3 Å². The van der Waals surface area contributed by atoms with Gasteiger partial charge in [-0.2, -0.15) is 0 Å². The number of fused-ring (bicyclic) bond motifs is 1. The summed E-state index contributed by atoms with van der Waals surface area (Å²) in [5.41, 5.74) is 1.20. The average molecular weight is 450 g/mol. The molecule has 0 radical (unpaired) electrons. The lowest BCUT2D eigenvalue weighted by molar-refractivity contribution is 0.595. The highest BCUT2D eigenvalue weighted by Gasteiger charge is 2.29. The molecule has 4 aromatic rings. The summed E-state index contributed by atoms with van der Waals surface area (Å²) in [5, 5.41) is -0.0574. The van der Waals surface area contributed by atoms with Gasteiger partial charge in [0.15, 0.2) is 0 Å². The second-order valence-corrected chi connectivity index (χ2v) is 8.86. The second-order valence-electron chi connectivity index (χ2n) is 6.21. The zero-order valence-electron chi connectivity index (χ0n) is 14.5. The predicted molar refractivity (Wildman–Crippen MR) is 109 cm³/mol. The van der Waals surface area contributed by atoms with Gasteiger partial charge in [0.05, 0.1) is 15.4 Å². The van der Waals surface area contributed by atoms with Crippen molar-refractivity contribution in [3.8, 4) is 11.1 Å². The molecule has 0 aliphatic carbocycles. The minimum absolute atomic E-state index is 0.230. The standard InChI is InChI=1S/C21H11Cl2F2NO2S/c22-16-11-14(9-10-17(16)25)29(27,28)20-19(12-5-7-13(24)8-6-12)15-3-1-2-4-18(15)26-21(20)23/h1-11H. The van der Waals surface area contributed by atoms with Crippen molar-refractivity contribution in [2.45, 2.75) is 9.79 Å². The van der Waals surface area contributed by atoms with Crippen LogP contribution >= 0.6 is 23.2 Å². The third-order valence-electron chi connectivity index (χ3n) is 4.41. The largest absolute Gasteiger partial charge is 0.235 e. The van der Waals surface area contributed by atoms with Gasteiger partial charge >= 0.3 is 0 Å². The van der Waals surface area contributed by atoms with E-state index in [2.05, 4.69) is 4.98 Å². The lowest BCUT2D eigenvalue weighted by Crippen LogP contribution is -2.07. The fraction of sp³-hybridized carbons (Fsp3) is 0. The van der Waals surface area contributed by atoms with E-state index in [1.807, 2.05) is 0 Å². The van der Waals surface area contributed by atoms with Crippen molar-refractivity contribution in [2.75, 3.05) is 0 Å². The third-order valence-corrected chi connectivity index (χ3v) is 6.89. The minimum Gasteiger partial charge on any atom is -0.235 e. The van der Waals surface area contributed by atoms with Crippen molar-refractivity contribution in [2.24, 2.45) is 0 Å². The van der Waals surface area contributed by atoms with Crippen LogP contribution in [-0.4, -0.2) is 13.4 Å². The van der Waals surface area contributed by atoms with E-state index in [0.717, 1.165) is 18.2 Å². The van der Waals surface area contributed by atoms with Crippen LogP contribution in [0.2, 0.25) is 10.2 Å². The molecule has 29 heavy (non-hydrogen) atoms. The van der Waals surface area contributed by atoms with E-state index < -0.39 is 21.5 Å². The van der Waals surface area contributed by atoms with Crippen molar-refractivity contribution in [1.29, 1.82) is 0 Å². The van der Waals surface area contributed by atoms with Gasteiger partial charge in [-0.25, -0.2) is 22.2 Å². The molecule has 1 aromatic heterocycles. The fourth-order valence-electron chi connectivity index (χ4n) is 3.07. The first-order valence-corrected chi connectivity index (χ1v) is 10.6. The maximum atomic E-state index is 13.6. The van der Waals surface area contributed by atoms with Crippen LogP contribution in [0.4, 0.5) is 8.78 Å². The Morgan fingerprint density at radius 2 is 1.55 bits per heavy atom. The van der Waals surface area contributed by atoms with Gasteiger partial charge in [-0.15, -0.1) is 0 Å². The predicted octanol–water partition coefficient (Wildman–Crippen LogP) is 6.32. The highest BCUT2D eigenvalue weighted by Crippen LogP contribution is 2.40. The molecule has 4 rings (SSSR count). The molecule has 3 nitrogen and oxygen atoms in total. The molecule has 3 aromatic carbocycles. The summed E-state index contributed by atoms with van der Waals surface area (Å²) in [7, 11) is -4.23. The first-order chi connectivity index (χ1) is 13.8. The minimum atomic E-state index is -4.23. The van der Waals surface area contributed by atoms with Gasteiger partial charge in [0.25, 0.3) is 0 Å². The quantitative estimate of drug-likeness (QED) is 0.271. The Labute approximate surface area is 175 Å². The number of nitrogens with zero attached hydrogens (tertiary/aromatic N) is 1. The molecule has 0 saturated heterocycles. The molecule has 1 heterocycles. The van der Waals surface area contributed by atoms with Gasteiger partial charge in [0, 0.05) is 10.9 Å². The van der Waals surface area contributed by atoms with Gasteiger partial charge in [-0.1, -0.05) is 53.5 Å². The summed E-state index contributed by atoms with van der Waals surface area (Å²) in [4.78, 5) is 3.73. The second kappa shape index (κ2) is 7.37. The first-order valence-electron chi connectivity index (χ1n) is 8.33. The molecule has 0 bridgehead atoms. The summed E-state index contributed by atoms with van der Waals surface area (Å²) >= 11 is 12.1. The van der Waals surface area contributed by atoms with Crippen LogP contribution in [0.3, 0.4) is 0 Å². The van der Waals surface area contributed by atoms with Gasteiger partial charge in [-0.05, 0) is 42.0 Å². The Balaban J connectivity index is 2.11. The van der Waals surface area contributed by atoms with E-state index in [1.165, 1.54) is 24.3 Å². The van der Waals surface area contributed by atoms with Crippen LogP contribution in [0.1, 0.15) is 0 Å². The van der Waals surface area contributed by atoms with Gasteiger partial charge in [0.1, 0.15) is 21.7 Å². The molecule has 0 aliphatic rings. The average Bonchev–Trinajstić information content (AvgIpc) is 2.69. The van der Waals surface area contributed by atoms with E-state index in [4.69, 9.17) is 23.2 Å². The number of hydrogen-bond acceptors (Lipinski definition) is 3. The molecule has 0 fully saturated rings. The molecule has 0 N–H and O–H groups in total. The third kappa shape index (κ3) is 3.48. The van der Waals surface area contributed by atoms with E-state index in [-0.39, 0.29) is 25.5 Å². The fourth-order valence-corrected chi connectivity index (χ4v) is 5.33. The summed E-state index contributed by atoms with van der Waals surface area (Å²) in [6, 6.07) is 15.3.